The second kappa shape index (κ2) is 4.52. The molecule has 0 atom stereocenters. The molecule has 1 aromatic carbocycles. The zero-order chi connectivity index (χ0) is 13.2. The number of alkyl halides is 3. The molecule has 0 spiro atoms. The summed E-state index contributed by atoms with van der Waals surface area (Å²) < 4.78 is 39.5. The molecule has 0 saturated heterocycles. The topological polar surface area (TPSA) is 55.0 Å². The van der Waals surface area contributed by atoms with Crippen LogP contribution in [0, 0.1) is 0 Å². The van der Waals surface area contributed by atoms with Gasteiger partial charge in [0, 0.05) is 18.0 Å². The number of hydrogen-bond acceptors (Lipinski definition) is 3. The van der Waals surface area contributed by atoms with E-state index in [1.807, 2.05) is 0 Å². The first-order chi connectivity index (χ1) is 8.46. The molecule has 1 heterocycles. The molecule has 0 saturated carbocycles. The summed E-state index contributed by atoms with van der Waals surface area (Å²) >= 11 is 0. The zero-order valence-electron chi connectivity index (χ0n) is 8.86. The molecule has 4 nitrogen and oxygen atoms in total. The highest BCUT2D eigenvalue weighted by molar-refractivity contribution is 5.58. The van der Waals surface area contributed by atoms with Crippen LogP contribution in [0.3, 0.4) is 0 Å². The summed E-state index contributed by atoms with van der Waals surface area (Å²) in [7, 11) is 0. The van der Waals surface area contributed by atoms with Crippen LogP contribution in [0.5, 0.6) is 5.75 Å². The summed E-state index contributed by atoms with van der Waals surface area (Å²) in [5.41, 5.74) is 0.129. The minimum Gasteiger partial charge on any atom is -0.406 e. The fourth-order valence-electron chi connectivity index (χ4n) is 1.37. The minimum absolute atomic E-state index is 0.135. The van der Waals surface area contributed by atoms with E-state index >= 15 is 0 Å². The predicted octanol–water partition coefficient (Wildman–Crippen LogP) is 2.34. The van der Waals surface area contributed by atoms with Crippen molar-refractivity contribution < 1.29 is 17.9 Å². The molecule has 0 aliphatic heterocycles. The fourth-order valence-corrected chi connectivity index (χ4v) is 1.37. The van der Waals surface area contributed by atoms with E-state index in [-0.39, 0.29) is 11.4 Å². The monoisotopic (exact) mass is 256 g/mol. The Labute approximate surface area is 99.1 Å². The highest BCUT2D eigenvalue weighted by Gasteiger charge is 2.30. The van der Waals surface area contributed by atoms with E-state index in [1.165, 1.54) is 24.5 Å². The average Bonchev–Trinajstić information content (AvgIpc) is 2.29. The first-order valence-corrected chi connectivity index (χ1v) is 4.85. The molecule has 1 aromatic heterocycles. The van der Waals surface area contributed by atoms with E-state index in [9.17, 15) is 18.0 Å². The van der Waals surface area contributed by atoms with Gasteiger partial charge in [-0.2, -0.15) is 0 Å². The maximum absolute atomic E-state index is 11.9. The number of nitrogens with one attached hydrogen (secondary N) is 1. The van der Waals surface area contributed by atoms with Crippen molar-refractivity contribution >= 4 is 0 Å². The first-order valence-electron chi connectivity index (χ1n) is 4.85. The van der Waals surface area contributed by atoms with E-state index in [0.717, 1.165) is 12.1 Å². The quantitative estimate of drug-likeness (QED) is 0.897. The van der Waals surface area contributed by atoms with Gasteiger partial charge in [-0.15, -0.1) is 13.2 Å². The van der Waals surface area contributed by atoms with Gasteiger partial charge in [-0.25, -0.2) is 4.98 Å². The van der Waals surface area contributed by atoms with E-state index in [2.05, 4.69) is 14.7 Å². The van der Waals surface area contributed by atoms with Crippen molar-refractivity contribution in [2.24, 2.45) is 0 Å². The maximum Gasteiger partial charge on any atom is 0.573 e. The Morgan fingerprint density at radius 2 is 1.83 bits per heavy atom. The van der Waals surface area contributed by atoms with E-state index in [4.69, 9.17) is 0 Å². The smallest absolute Gasteiger partial charge is 0.406 e. The van der Waals surface area contributed by atoms with Gasteiger partial charge in [-0.05, 0) is 24.3 Å². The molecule has 7 heteroatoms. The number of nitrogens with zero attached hydrogens (tertiary/aromatic N) is 1. The number of aromatic amines is 1. The molecule has 0 radical (unpaired) electrons. The van der Waals surface area contributed by atoms with Crippen molar-refractivity contribution in [1.29, 1.82) is 0 Å². The van der Waals surface area contributed by atoms with Gasteiger partial charge < -0.3 is 9.72 Å². The summed E-state index contributed by atoms with van der Waals surface area (Å²) in [6.07, 6.45) is -1.98. The second-order valence-corrected chi connectivity index (χ2v) is 3.34. The molecule has 0 aliphatic carbocycles. The molecule has 0 amide bonds. The van der Waals surface area contributed by atoms with E-state index < -0.39 is 11.9 Å². The molecule has 1 N–H and O–H groups in total. The molecule has 2 aromatic rings. The summed E-state index contributed by atoms with van der Waals surface area (Å²) in [5, 5.41) is 0. The van der Waals surface area contributed by atoms with Crippen LogP contribution >= 0.6 is 0 Å². The Kier molecular flexibility index (Phi) is 3.05. The van der Waals surface area contributed by atoms with Gasteiger partial charge in [-0.3, -0.25) is 4.79 Å². The van der Waals surface area contributed by atoms with Crippen molar-refractivity contribution in [1.82, 2.24) is 9.97 Å². The largest absolute Gasteiger partial charge is 0.573 e. The fraction of sp³-hybridized carbons (Fsp3) is 0.0909. The van der Waals surface area contributed by atoms with Gasteiger partial charge in [0.15, 0.2) is 0 Å². The van der Waals surface area contributed by atoms with Crippen LogP contribution in [0.15, 0.2) is 41.5 Å². The summed E-state index contributed by atoms with van der Waals surface area (Å²) in [6.45, 7) is 0. The highest BCUT2D eigenvalue weighted by atomic mass is 19.4. The Morgan fingerprint density at radius 1 is 1.17 bits per heavy atom. The summed E-state index contributed by atoms with van der Waals surface area (Å²) in [4.78, 5) is 17.7. The van der Waals surface area contributed by atoms with Gasteiger partial charge >= 0.3 is 6.36 Å². The molecule has 94 valence electrons. The third-order valence-electron chi connectivity index (χ3n) is 2.07. The van der Waals surface area contributed by atoms with Gasteiger partial charge in [-0.1, -0.05) is 0 Å². The lowest BCUT2D eigenvalue weighted by Gasteiger charge is -2.08. The molecule has 18 heavy (non-hydrogen) atoms. The Bertz CT molecular complexity index is 590. The highest BCUT2D eigenvalue weighted by Crippen LogP contribution is 2.24. The third-order valence-corrected chi connectivity index (χ3v) is 2.07. The van der Waals surface area contributed by atoms with Crippen LogP contribution in [0.4, 0.5) is 13.2 Å². The van der Waals surface area contributed by atoms with Gasteiger partial charge in [0.2, 0.25) is 0 Å². The number of rotatable bonds is 2. The maximum atomic E-state index is 11.9. The van der Waals surface area contributed by atoms with Crippen LogP contribution in [0.1, 0.15) is 0 Å². The summed E-state index contributed by atoms with van der Waals surface area (Å²) in [6, 6.07) is 4.91. The van der Waals surface area contributed by atoms with Crippen molar-refractivity contribution in [3.63, 3.8) is 0 Å². The van der Waals surface area contributed by atoms with Crippen molar-refractivity contribution in [2.75, 3.05) is 0 Å². The molecular formula is C11H7F3N2O2. The Hall–Kier alpha value is -2.31. The second-order valence-electron chi connectivity index (χ2n) is 3.34. The van der Waals surface area contributed by atoms with Crippen molar-refractivity contribution in [3.05, 3.63) is 47.0 Å². The van der Waals surface area contributed by atoms with Gasteiger partial charge in [0.1, 0.15) is 11.4 Å². The number of aromatic nitrogens is 2. The van der Waals surface area contributed by atoms with E-state index in [0.29, 0.717) is 5.56 Å². The van der Waals surface area contributed by atoms with Crippen molar-refractivity contribution in [3.8, 4) is 17.0 Å². The van der Waals surface area contributed by atoms with Crippen molar-refractivity contribution in [2.45, 2.75) is 6.36 Å². The zero-order valence-corrected chi connectivity index (χ0v) is 8.86. The lowest BCUT2D eigenvalue weighted by Crippen LogP contribution is -2.17. The number of ether oxygens (including phenoxy) is 1. The van der Waals surface area contributed by atoms with Gasteiger partial charge in [0.05, 0.1) is 0 Å². The Morgan fingerprint density at radius 3 is 2.39 bits per heavy atom. The number of benzene rings is 1. The SMILES string of the molecule is O=c1[nH]ccnc1-c1ccc(OC(F)(F)F)cc1. The minimum atomic E-state index is -4.73. The van der Waals surface area contributed by atoms with Crippen LogP contribution < -0.4 is 10.3 Å². The van der Waals surface area contributed by atoms with Crippen LogP contribution in [0.25, 0.3) is 11.3 Å². The Balaban J connectivity index is 2.29. The molecule has 0 aliphatic rings. The lowest BCUT2D eigenvalue weighted by molar-refractivity contribution is -0.274. The van der Waals surface area contributed by atoms with Crippen LogP contribution in [0.2, 0.25) is 0 Å². The lowest BCUT2D eigenvalue weighted by atomic mass is 10.1. The predicted molar refractivity (Wildman–Crippen MR) is 57.0 cm³/mol. The molecule has 0 unspecified atom stereocenters. The third kappa shape index (κ3) is 2.88. The number of halogens is 3. The molecule has 0 bridgehead atoms. The normalized spacial score (nSPS) is 11.3. The first kappa shape index (κ1) is 12.2. The molecular weight excluding hydrogens is 249 g/mol. The summed E-state index contributed by atoms with van der Waals surface area (Å²) in [5.74, 6) is -0.349. The van der Waals surface area contributed by atoms with Crippen LogP contribution in [-0.2, 0) is 0 Å². The van der Waals surface area contributed by atoms with Gasteiger partial charge in [0.25, 0.3) is 5.56 Å². The molecule has 2 rings (SSSR count). The standard InChI is InChI=1S/C11H7F3N2O2/c12-11(13,14)18-8-3-1-7(2-4-8)9-10(17)16-6-5-15-9/h1-6H,(H,16,17). The number of hydrogen-bond donors (Lipinski definition) is 1. The molecule has 0 fully saturated rings. The van der Waals surface area contributed by atoms with E-state index in [1.54, 1.807) is 0 Å². The van der Waals surface area contributed by atoms with Crippen LogP contribution in [-0.4, -0.2) is 16.3 Å². The average molecular weight is 256 g/mol. The number of H-pyrrole nitrogens is 1.